The van der Waals surface area contributed by atoms with E-state index in [1.165, 1.54) is 0 Å². The van der Waals surface area contributed by atoms with Crippen molar-refractivity contribution in [2.75, 3.05) is 19.6 Å². The molecule has 0 atom stereocenters. The van der Waals surface area contributed by atoms with Gasteiger partial charge in [0.15, 0.2) is 6.79 Å². The zero-order valence-electron chi connectivity index (χ0n) is 18.9. The summed E-state index contributed by atoms with van der Waals surface area (Å²) in [5.74, 6) is 0.473. The number of benzene rings is 2. The molecule has 4 rings (SSSR count). The summed E-state index contributed by atoms with van der Waals surface area (Å²) in [5.41, 5.74) is 10.8. The van der Waals surface area contributed by atoms with Gasteiger partial charge in [-0.05, 0) is 68.9 Å². The molecule has 0 spiro atoms. The summed E-state index contributed by atoms with van der Waals surface area (Å²) in [6, 6.07) is 7.73. The number of amides is 1. The Labute approximate surface area is 183 Å². The van der Waals surface area contributed by atoms with Crippen LogP contribution in [0.5, 0.6) is 5.75 Å². The van der Waals surface area contributed by atoms with E-state index in [1.54, 1.807) is 7.11 Å². The van der Waals surface area contributed by atoms with Crippen LogP contribution in [0.2, 0.25) is 0 Å². The first-order valence-corrected chi connectivity index (χ1v) is 10.4. The Hall–Kier alpha value is -2.55. The maximum Gasteiger partial charge on any atom is 0.495 e. The molecule has 0 radical (unpaired) electrons. The number of hydrogen-bond acceptors (Lipinski definition) is 6. The molecule has 0 aliphatic carbocycles. The predicted molar refractivity (Wildman–Crippen MR) is 120 cm³/mol. The lowest BCUT2D eigenvalue weighted by atomic mass is 9.73. The zero-order chi connectivity index (χ0) is 22.6. The van der Waals surface area contributed by atoms with Crippen molar-refractivity contribution in [1.82, 2.24) is 5.32 Å². The quantitative estimate of drug-likeness (QED) is 0.436. The monoisotopic (exact) mass is 424 g/mol. The van der Waals surface area contributed by atoms with Crippen molar-refractivity contribution in [3.05, 3.63) is 41.0 Å². The Kier molecular flexibility index (Phi) is 5.28. The van der Waals surface area contributed by atoms with Gasteiger partial charge in [0.05, 0.1) is 22.5 Å². The minimum atomic E-state index is -0.598. The Morgan fingerprint density at radius 1 is 1.13 bits per heavy atom. The van der Waals surface area contributed by atoms with Gasteiger partial charge in [0.2, 0.25) is 0 Å². The molecule has 7 nitrogen and oxygen atoms in total. The van der Waals surface area contributed by atoms with Crippen molar-refractivity contribution in [3.63, 3.8) is 0 Å². The van der Waals surface area contributed by atoms with Crippen molar-refractivity contribution in [1.29, 1.82) is 0 Å². The smallest absolute Gasteiger partial charge is 0.468 e. The van der Waals surface area contributed by atoms with E-state index < -0.39 is 18.3 Å². The number of fused-ring (bicyclic) bond motifs is 1. The van der Waals surface area contributed by atoms with Crippen molar-refractivity contribution < 1.29 is 23.6 Å². The number of hydrogen-bond donors (Lipinski definition) is 2. The first-order chi connectivity index (χ1) is 14.6. The number of nitrogens with one attached hydrogen (secondary N) is 1. The number of anilines is 1. The summed E-state index contributed by atoms with van der Waals surface area (Å²) in [6.07, 6.45) is 0. The molecule has 2 aliphatic rings. The van der Waals surface area contributed by atoms with Crippen LogP contribution in [0, 0.1) is 6.92 Å². The Bertz CT molecular complexity index is 1030. The largest absolute Gasteiger partial charge is 0.495 e. The van der Waals surface area contributed by atoms with Gasteiger partial charge in [0.1, 0.15) is 5.75 Å². The van der Waals surface area contributed by atoms with Crippen molar-refractivity contribution in [3.8, 4) is 16.9 Å². The van der Waals surface area contributed by atoms with Crippen molar-refractivity contribution >= 4 is 24.2 Å². The van der Waals surface area contributed by atoms with Crippen LogP contribution < -0.4 is 21.3 Å². The van der Waals surface area contributed by atoms with Crippen LogP contribution in [-0.2, 0) is 20.6 Å². The van der Waals surface area contributed by atoms with Crippen LogP contribution in [0.4, 0.5) is 5.69 Å². The van der Waals surface area contributed by atoms with Gasteiger partial charge >= 0.3 is 7.12 Å². The van der Waals surface area contributed by atoms with Gasteiger partial charge in [-0.1, -0.05) is 12.1 Å². The highest BCUT2D eigenvalue weighted by molar-refractivity contribution is 6.63. The van der Waals surface area contributed by atoms with E-state index in [0.29, 0.717) is 23.5 Å². The maximum atomic E-state index is 12.7. The third-order valence-corrected chi connectivity index (χ3v) is 6.51. The fraction of sp³-hybridized carbons (Fsp3) is 0.435. The highest BCUT2D eigenvalue weighted by Gasteiger charge is 2.53. The molecular formula is C23H29BN2O5. The minimum absolute atomic E-state index is 0.143. The van der Waals surface area contributed by atoms with Gasteiger partial charge in [0, 0.05) is 19.2 Å². The van der Waals surface area contributed by atoms with Crippen LogP contribution in [0.3, 0.4) is 0 Å². The molecule has 164 valence electrons. The van der Waals surface area contributed by atoms with Crippen LogP contribution >= 0.6 is 0 Å². The summed E-state index contributed by atoms with van der Waals surface area (Å²) >= 11 is 0. The van der Waals surface area contributed by atoms with Gasteiger partial charge in [-0.3, -0.25) is 4.79 Å². The highest BCUT2D eigenvalue weighted by Crippen LogP contribution is 2.40. The fourth-order valence-corrected chi connectivity index (χ4v) is 3.98. The molecule has 0 saturated carbocycles. The summed E-state index contributed by atoms with van der Waals surface area (Å²) in [4.78, 5) is 12.7. The summed E-state index contributed by atoms with van der Waals surface area (Å²) < 4.78 is 23.2. The fourth-order valence-electron chi connectivity index (χ4n) is 3.98. The molecule has 1 amide bonds. The lowest BCUT2D eigenvalue weighted by Gasteiger charge is -2.32. The van der Waals surface area contributed by atoms with E-state index in [9.17, 15) is 4.79 Å². The van der Waals surface area contributed by atoms with Crippen LogP contribution in [0.25, 0.3) is 11.1 Å². The number of nitrogen functional groups attached to an aromatic ring is 1. The first-order valence-electron chi connectivity index (χ1n) is 10.4. The lowest BCUT2D eigenvalue weighted by Crippen LogP contribution is -2.41. The van der Waals surface area contributed by atoms with Crippen LogP contribution in [-0.4, -0.2) is 38.1 Å². The SMILES string of the molecule is COCOc1ccc(C)c(-c2cc(B3OC(C)(C)C(C)(C)O3)c3c(c2N)C(=O)NC3)c1. The number of rotatable bonds is 5. The molecule has 1 saturated heterocycles. The molecule has 8 heteroatoms. The number of carbonyl (C=O) groups is 1. The number of ether oxygens (including phenoxy) is 2. The lowest BCUT2D eigenvalue weighted by molar-refractivity contribution is 0.00578. The second kappa shape index (κ2) is 7.55. The Balaban J connectivity index is 1.87. The molecule has 31 heavy (non-hydrogen) atoms. The highest BCUT2D eigenvalue weighted by atomic mass is 16.7. The molecule has 1 fully saturated rings. The normalized spacial score (nSPS) is 18.8. The standard InChI is InChI=1S/C23H29BN2O5/c1-13-7-8-14(29-12-28-6)9-15(13)16-10-18(17-11-26-21(27)19(17)20(16)25)24-30-22(2,3)23(4,5)31-24/h7-10H,11-12,25H2,1-6H3,(H,26,27). The second-order valence-corrected chi connectivity index (χ2v) is 9.08. The molecule has 2 aromatic rings. The van der Waals surface area contributed by atoms with E-state index in [0.717, 1.165) is 27.7 Å². The minimum Gasteiger partial charge on any atom is -0.468 e. The molecule has 0 bridgehead atoms. The third-order valence-electron chi connectivity index (χ3n) is 6.51. The second-order valence-electron chi connectivity index (χ2n) is 9.08. The molecule has 2 heterocycles. The van der Waals surface area contributed by atoms with Crippen LogP contribution in [0.1, 0.15) is 49.2 Å². The number of aryl methyl sites for hydroxylation is 1. The van der Waals surface area contributed by atoms with Crippen molar-refractivity contribution in [2.45, 2.75) is 52.4 Å². The average Bonchev–Trinajstić information content (AvgIpc) is 3.18. The van der Waals surface area contributed by atoms with Crippen molar-refractivity contribution in [2.24, 2.45) is 0 Å². The van der Waals surface area contributed by atoms with E-state index in [-0.39, 0.29) is 12.7 Å². The number of nitrogens with two attached hydrogens (primary N) is 1. The van der Waals surface area contributed by atoms with Gasteiger partial charge in [-0.15, -0.1) is 0 Å². The molecular weight excluding hydrogens is 395 g/mol. The zero-order valence-corrected chi connectivity index (χ0v) is 18.9. The van der Waals surface area contributed by atoms with Gasteiger partial charge < -0.3 is 29.8 Å². The van der Waals surface area contributed by atoms with Crippen LogP contribution in [0.15, 0.2) is 24.3 Å². The number of carbonyl (C=O) groups excluding carboxylic acids is 1. The molecule has 0 aromatic heterocycles. The molecule has 2 aromatic carbocycles. The molecule has 0 unspecified atom stereocenters. The van der Waals surface area contributed by atoms with E-state index in [1.807, 2.05) is 58.9 Å². The Morgan fingerprint density at radius 3 is 2.45 bits per heavy atom. The number of methoxy groups -OCH3 is 1. The first kappa shape index (κ1) is 21.7. The van der Waals surface area contributed by atoms with Gasteiger partial charge in [-0.2, -0.15) is 0 Å². The maximum absolute atomic E-state index is 12.7. The summed E-state index contributed by atoms with van der Waals surface area (Å²) in [5, 5.41) is 2.89. The van der Waals surface area contributed by atoms with E-state index >= 15 is 0 Å². The van der Waals surface area contributed by atoms with E-state index in [2.05, 4.69) is 5.32 Å². The van der Waals surface area contributed by atoms with Gasteiger partial charge in [0.25, 0.3) is 5.91 Å². The predicted octanol–water partition coefficient (Wildman–Crippen LogP) is 2.77. The van der Waals surface area contributed by atoms with Gasteiger partial charge in [-0.25, -0.2) is 0 Å². The summed E-state index contributed by atoms with van der Waals surface area (Å²) in [6.45, 7) is 10.6. The molecule has 2 aliphatic heterocycles. The Morgan fingerprint density at radius 2 is 1.81 bits per heavy atom. The molecule has 3 N–H and O–H groups in total. The third kappa shape index (κ3) is 3.58. The topological polar surface area (TPSA) is 92.0 Å². The average molecular weight is 424 g/mol. The summed E-state index contributed by atoms with van der Waals surface area (Å²) in [7, 11) is 0.974. The van der Waals surface area contributed by atoms with E-state index in [4.69, 9.17) is 24.5 Å².